The number of nitrogens with zero attached hydrogens (tertiary/aromatic N) is 2. The number of rotatable bonds is 6. The molecular formula is C19H27ClN4O3. The van der Waals surface area contributed by atoms with E-state index in [4.69, 9.17) is 9.47 Å². The molecule has 148 valence electrons. The number of hydrogen-bond donors (Lipinski definition) is 2. The molecule has 3 rings (SSSR count). The number of anilines is 1. The topological polar surface area (TPSA) is 77.4 Å². The second kappa shape index (κ2) is 9.62. The van der Waals surface area contributed by atoms with Crippen molar-refractivity contribution in [3.63, 3.8) is 0 Å². The van der Waals surface area contributed by atoms with E-state index >= 15 is 0 Å². The number of methoxy groups -OCH3 is 1. The van der Waals surface area contributed by atoms with Crippen LogP contribution in [-0.4, -0.2) is 42.0 Å². The van der Waals surface area contributed by atoms with Gasteiger partial charge in [0.15, 0.2) is 5.69 Å². The minimum absolute atomic E-state index is 0. The maximum Gasteiger partial charge on any atom is 0.276 e. The van der Waals surface area contributed by atoms with Gasteiger partial charge in [-0.05, 0) is 51.4 Å². The van der Waals surface area contributed by atoms with Crippen LogP contribution in [0, 0.1) is 0 Å². The van der Waals surface area contributed by atoms with Crippen molar-refractivity contribution >= 4 is 24.0 Å². The minimum atomic E-state index is -0.269. The highest BCUT2D eigenvalue weighted by atomic mass is 35.5. The number of hydrogen-bond acceptors (Lipinski definition) is 5. The Morgan fingerprint density at radius 2 is 2.19 bits per heavy atom. The van der Waals surface area contributed by atoms with Crippen molar-refractivity contribution in [2.45, 2.75) is 38.8 Å². The van der Waals surface area contributed by atoms with Gasteiger partial charge < -0.3 is 20.1 Å². The Morgan fingerprint density at radius 1 is 1.37 bits per heavy atom. The highest BCUT2D eigenvalue weighted by molar-refractivity contribution is 6.03. The number of carbonyl (C=O) groups excluding carboxylic acids is 1. The number of aromatic nitrogens is 2. The molecule has 1 aliphatic heterocycles. The normalized spacial score (nSPS) is 16.5. The molecule has 2 heterocycles. The lowest BCUT2D eigenvalue weighted by Gasteiger charge is -2.22. The summed E-state index contributed by atoms with van der Waals surface area (Å²) in [6, 6.07) is 7.38. The third-order valence-corrected chi connectivity index (χ3v) is 4.28. The first-order valence-electron chi connectivity index (χ1n) is 8.98. The number of amides is 1. The molecule has 1 unspecified atom stereocenters. The van der Waals surface area contributed by atoms with Crippen molar-refractivity contribution in [3.05, 3.63) is 36.2 Å². The standard InChI is InChI=1S/C19H26N4O3.ClH/c1-13(2)26-18-7-6-15(25-3)11-17(18)21-19(24)16-8-10-23(22-16)14-5-4-9-20-12-14;/h6-8,10-11,13-14,20H,4-5,9,12H2,1-3H3,(H,21,24);1H. The van der Waals surface area contributed by atoms with Gasteiger partial charge >= 0.3 is 0 Å². The highest BCUT2D eigenvalue weighted by Gasteiger charge is 2.19. The summed E-state index contributed by atoms with van der Waals surface area (Å²) < 4.78 is 12.9. The van der Waals surface area contributed by atoms with Crippen LogP contribution in [0.5, 0.6) is 11.5 Å². The molecule has 2 aromatic rings. The second-order valence-electron chi connectivity index (χ2n) is 6.66. The van der Waals surface area contributed by atoms with E-state index in [1.165, 1.54) is 0 Å². The molecule has 1 aromatic carbocycles. The van der Waals surface area contributed by atoms with Gasteiger partial charge in [-0.1, -0.05) is 0 Å². The van der Waals surface area contributed by atoms with Gasteiger partial charge in [0.1, 0.15) is 11.5 Å². The minimum Gasteiger partial charge on any atom is -0.497 e. The van der Waals surface area contributed by atoms with Crippen LogP contribution in [0.4, 0.5) is 5.69 Å². The predicted octanol–water partition coefficient (Wildman–Crippen LogP) is 3.28. The Balaban J connectivity index is 0.00000261. The van der Waals surface area contributed by atoms with Crippen LogP contribution in [0.3, 0.4) is 0 Å². The maximum atomic E-state index is 12.6. The van der Waals surface area contributed by atoms with E-state index in [2.05, 4.69) is 15.7 Å². The summed E-state index contributed by atoms with van der Waals surface area (Å²) in [6.07, 6.45) is 4.05. The fourth-order valence-electron chi connectivity index (χ4n) is 3.00. The zero-order valence-corrected chi connectivity index (χ0v) is 16.7. The average Bonchev–Trinajstić information content (AvgIpc) is 3.14. The molecule has 1 saturated heterocycles. The lowest BCUT2D eigenvalue weighted by atomic mass is 10.1. The van der Waals surface area contributed by atoms with Crippen LogP contribution in [0.15, 0.2) is 30.5 Å². The van der Waals surface area contributed by atoms with Crippen molar-refractivity contribution in [2.75, 3.05) is 25.5 Å². The molecule has 27 heavy (non-hydrogen) atoms. The molecule has 1 aromatic heterocycles. The van der Waals surface area contributed by atoms with E-state index in [0.717, 1.165) is 25.9 Å². The number of benzene rings is 1. The van der Waals surface area contributed by atoms with Crippen LogP contribution < -0.4 is 20.1 Å². The predicted molar refractivity (Wildman–Crippen MR) is 107 cm³/mol. The first kappa shape index (κ1) is 21.1. The molecule has 8 heteroatoms. The third kappa shape index (κ3) is 5.37. The summed E-state index contributed by atoms with van der Waals surface area (Å²) in [5.74, 6) is 0.981. The van der Waals surface area contributed by atoms with Crippen LogP contribution in [0.2, 0.25) is 0 Å². The SMILES string of the molecule is COc1ccc(OC(C)C)c(NC(=O)c2ccn(C3CCCNC3)n2)c1.Cl. The largest absolute Gasteiger partial charge is 0.497 e. The molecule has 1 atom stereocenters. The highest BCUT2D eigenvalue weighted by Crippen LogP contribution is 2.30. The van der Waals surface area contributed by atoms with E-state index in [0.29, 0.717) is 28.9 Å². The zero-order chi connectivity index (χ0) is 18.5. The number of carbonyl (C=O) groups is 1. The Bertz CT molecular complexity index is 757. The van der Waals surface area contributed by atoms with E-state index in [1.54, 1.807) is 31.4 Å². The third-order valence-electron chi connectivity index (χ3n) is 4.28. The molecule has 1 aliphatic rings. The second-order valence-corrected chi connectivity index (χ2v) is 6.66. The molecular weight excluding hydrogens is 368 g/mol. The van der Waals surface area contributed by atoms with Crippen LogP contribution >= 0.6 is 12.4 Å². The molecule has 1 fully saturated rings. The fourth-order valence-corrected chi connectivity index (χ4v) is 3.00. The van der Waals surface area contributed by atoms with Gasteiger partial charge in [0, 0.05) is 18.8 Å². The summed E-state index contributed by atoms with van der Waals surface area (Å²) in [4.78, 5) is 12.6. The zero-order valence-electron chi connectivity index (χ0n) is 15.9. The number of piperidine rings is 1. The van der Waals surface area contributed by atoms with Gasteiger partial charge in [0.2, 0.25) is 0 Å². The maximum absolute atomic E-state index is 12.6. The summed E-state index contributed by atoms with van der Waals surface area (Å²) in [5, 5.41) is 10.7. The number of ether oxygens (including phenoxy) is 2. The van der Waals surface area contributed by atoms with E-state index in [9.17, 15) is 4.79 Å². The van der Waals surface area contributed by atoms with Crippen LogP contribution in [0.1, 0.15) is 43.2 Å². The smallest absolute Gasteiger partial charge is 0.276 e. The Hall–Kier alpha value is -2.25. The Kier molecular flexibility index (Phi) is 7.50. The van der Waals surface area contributed by atoms with Crippen LogP contribution in [-0.2, 0) is 0 Å². The molecule has 1 amide bonds. The van der Waals surface area contributed by atoms with Crippen molar-refractivity contribution in [1.82, 2.24) is 15.1 Å². The molecule has 0 bridgehead atoms. The number of nitrogens with one attached hydrogen (secondary N) is 2. The molecule has 0 aliphatic carbocycles. The van der Waals surface area contributed by atoms with E-state index in [1.807, 2.05) is 24.7 Å². The summed E-state index contributed by atoms with van der Waals surface area (Å²) in [5.41, 5.74) is 0.950. The van der Waals surface area contributed by atoms with Gasteiger partial charge in [-0.3, -0.25) is 9.48 Å². The molecule has 7 nitrogen and oxygen atoms in total. The summed E-state index contributed by atoms with van der Waals surface area (Å²) in [7, 11) is 1.59. The van der Waals surface area contributed by atoms with Crippen molar-refractivity contribution in [1.29, 1.82) is 0 Å². The van der Waals surface area contributed by atoms with E-state index in [-0.39, 0.29) is 24.4 Å². The molecule has 0 saturated carbocycles. The van der Waals surface area contributed by atoms with Gasteiger partial charge in [0.25, 0.3) is 5.91 Å². The first-order chi connectivity index (χ1) is 12.6. The van der Waals surface area contributed by atoms with E-state index < -0.39 is 0 Å². The van der Waals surface area contributed by atoms with Gasteiger partial charge in [0.05, 0.1) is 24.9 Å². The fraction of sp³-hybridized carbons (Fsp3) is 0.474. The Labute approximate surface area is 165 Å². The van der Waals surface area contributed by atoms with Gasteiger partial charge in [-0.25, -0.2) is 0 Å². The lowest BCUT2D eigenvalue weighted by Crippen LogP contribution is -2.32. The van der Waals surface area contributed by atoms with Gasteiger partial charge in [-0.2, -0.15) is 5.10 Å². The summed E-state index contributed by atoms with van der Waals surface area (Å²) in [6.45, 7) is 5.80. The molecule has 2 N–H and O–H groups in total. The monoisotopic (exact) mass is 394 g/mol. The Morgan fingerprint density at radius 3 is 2.85 bits per heavy atom. The number of halogens is 1. The van der Waals surface area contributed by atoms with Gasteiger partial charge in [-0.15, -0.1) is 12.4 Å². The van der Waals surface area contributed by atoms with Crippen molar-refractivity contribution in [3.8, 4) is 11.5 Å². The summed E-state index contributed by atoms with van der Waals surface area (Å²) >= 11 is 0. The average molecular weight is 395 g/mol. The van der Waals surface area contributed by atoms with Crippen molar-refractivity contribution < 1.29 is 14.3 Å². The quantitative estimate of drug-likeness (QED) is 0.786. The van der Waals surface area contributed by atoms with Crippen molar-refractivity contribution in [2.24, 2.45) is 0 Å². The lowest BCUT2D eigenvalue weighted by molar-refractivity contribution is 0.102. The molecule has 0 radical (unpaired) electrons. The van der Waals surface area contributed by atoms with Crippen LogP contribution in [0.25, 0.3) is 0 Å². The molecule has 0 spiro atoms. The first-order valence-corrected chi connectivity index (χ1v) is 8.98.